The van der Waals surface area contributed by atoms with E-state index >= 15 is 4.39 Å². The number of pyridine rings is 1. The van der Waals surface area contributed by atoms with Crippen molar-refractivity contribution in [2.75, 3.05) is 32.2 Å². The van der Waals surface area contributed by atoms with Gasteiger partial charge >= 0.3 is 5.97 Å². The van der Waals surface area contributed by atoms with Crippen LogP contribution in [0.15, 0.2) is 46.5 Å². The summed E-state index contributed by atoms with van der Waals surface area (Å²) in [4.78, 5) is 31.9. The number of aromatic carboxylic acids is 1. The number of halogens is 1. The summed E-state index contributed by atoms with van der Waals surface area (Å²) in [6.07, 6.45) is 3.43. The number of carboxylic acids is 1. The number of oxime groups is 1. The van der Waals surface area contributed by atoms with Crippen molar-refractivity contribution < 1.29 is 28.6 Å². The second-order valence-electron chi connectivity index (χ2n) is 9.46. The number of piperidine rings is 1. The maximum absolute atomic E-state index is 15.6. The summed E-state index contributed by atoms with van der Waals surface area (Å²) in [6, 6.07) is 8.08. The van der Waals surface area contributed by atoms with E-state index in [2.05, 4.69) is 5.16 Å². The fourth-order valence-corrected chi connectivity index (χ4v) is 4.86. The highest BCUT2D eigenvalue weighted by Gasteiger charge is 2.33. The fraction of sp³-hybridized carbons (Fsp3) is 0.370. The van der Waals surface area contributed by atoms with Crippen molar-refractivity contribution in [2.24, 2.45) is 10.9 Å². The molecule has 1 aromatic heterocycles. The van der Waals surface area contributed by atoms with Crippen LogP contribution < -0.4 is 25.5 Å². The van der Waals surface area contributed by atoms with Gasteiger partial charge in [0, 0.05) is 31.7 Å². The van der Waals surface area contributed by atoms with Crippen LogP contribution in [-0.2, 0) is 11.4 Å². The first-order chi connectivity index (χ1) is 18.3. The predicted molar refractivity (Wildman–Crippen MR) is 140 cm³/mol. The van der Waals surface area contributed by atoms with Crippen LogP contribution in [0.1, 0.15) is 41.2 Å². The van der Waals surface area contributed by atoms with E-state index in [0.717, 1.165) is 30.2 Å². The van der Waals surface area contributed by atoms with Crippen molar-refractivity contribution in [3.05, 3.63) is 63.7 Å². The van der Waals surface area contributed by atoms with Crippen LogP contribution in [0.25, 0.3) is 10.9 Å². The minimum atomic E-state index is -1.35. The lowest BCUT2D eigenvalue weighted by atomic mass is 10.0. The Morgan fingerprint density at radius 1 is 1.24 bits per heavy atom. The lowest BCUT2D eigenvalue weighted by molar-refractivity contribution is 0.0694. The van der Waals surface area contributed by atoms with Crippen molar-refractivity contribution in [1.82, 2.24) is 4.57 Å². The molecule has 38 heavy (non-hydrogen) atoms. The Labute approximate surface area is 218 Å². The summed E-state index contributed by atoms with van der Waals surface area (Å²) in [6.45, 7) is 0.900. The Balaban J connectivity index is 1.43. The minimum absolute atomic E-state index is 0.0208. The van der Waals surface area contributed by atoms with Crippen LogP contribution in [0.5, 0.6) is 11.5 Å². The Morgan fingerprint density at radius 2 is 2.03 bits per heavy atom. The van der Waals surface area contributed by atoms with Gasteiger partial charge in [0.2, 0.25) is 5.43 Å². The predicted octanol–water partition coefficient (Wildman–Crippen LogP) is 3.30. The number of fused-ring (bicyclic) bond motifs is 1. The molecule has 200 valence electrons. The largest absolute Gasteiger partial charge is 0.497 e. The van der Waals surface area contributed by atoms with E-state index in [1.807, 2.05) is 24.3 Å². The Bertz CT molecular complexity index is 1480. The lowest BCUT2D eigenvalue weighted by Crippen LogP contribution is -2.49. The SMILES string of the molecule is COc1cccc(CO/N=C2/CCN(c3c(F)cc4c(=O)c(C(=O)O)cn(C5CC5)c4c3OC)CC2N)c1. The van der Waals surface area contributed by atoms with Gasteiger partial charge in [-0.1, -0.05) is 17.3 Å². The summed E-state index contributed by atoms with van der Waals surface area (Å²) in [5.74, 6) is -1.13. The van der Waals surface area contributed by atoms with Gasteiger partial charge in [-0.05, 0) is 36.6 Å². The third-order valence-corrected chi connectivity index (χ3v) is 6.92. The highest BCUT2D eigenvalue weighted by molar-refractivity contribution is 5.98. The topological polar surface area (TPSA) is 129 Å². The molecule has 0 bridgehead atoms. The number of benzene rings is 2. The molecule has 11 heteroatoms. The summed E-state index contributed by atoms with van der Waals surface area (Å²) in [7, 11) is 3.01. The number of carbonyl (C=O) groups is 1. The smallest absolute Gasteiger partial charge is 0.341 e. The monoisotopic (exact) mass is 524 g/mol. The molecule has 1 unspecified atom stereocenters. The zero-order chi connectivity index (χ0) is 27.0. The highest BCUT2D eigenvalue weighted by Crippen LogP contribution is 2.44. The molecule has 2 aliphatic rings. The van der Waals surface area contributed by atoms with E-state index in [1.165, 1.54) is 13.3 Å². The first-order valence-electron chi connectivity index (χ1n) is 12.3. The summed E-state index contributed by atoms with van der Waals surface area (Å²) >= 11 is 0. The third-order valence-electron chi connectivity index (χ3n) is 6.92. The van der Waals surface area contributed by atoms with Gasteiger partial charge in [0.05, 0.1) is 36.9 Å². The molecule has 10 nitrogen and oxygen atoms in total. The van der Waals surface area contributed by atoms with Crippen molar-refractivity contribution in [1.29, 1.82) is 0 Å². The number of nitrogens with zero attached hydrogens (tertiary/aromatic N) is 3. The molecule has 3 N–H and O–H groups in total. The van der Waals surface area contributed by atoms with E-state index in [9.17, 15) is 14.7 Å². The normalized spacial score (nSPS) is 18.6. The van der Waals surface area contributed by atoms with Crippen molar-refractivity contribution in [3.8, 4) is 11.5 Å². The van der Waals surface area contributed by atoms with Crippen molar-refractivity contribution in [2.45, 2.75) is 38.0 Å². The third kappa shape index (κ3) is 4.76. The van der Waals surface area contributed by atoms with Crippen LogP contribution in [0.2, 0.25) is 0 Å². The molecule has 0 amide bonds. The zero-order valence-electron chi connectivity index (χ0n) is 21.1. The molecule has 2 fully saturated rings. The zero-order valence-corrected chi connectivity index (χ0v) is 21.1. The average Bonchev–Trinajstić information content (AvgIpc) is 3.75. The van der Waals surface area contributed by atoms with Gasteiger partial charge in [0.1, 0.15) is 23.6 Å². The maximum atomic E-state index is 15.6. The standard InChI is InChI=1S/C27H29FN4O6/c1-36-17-5-3-4-15(10-17)14-38-30-22-8-9-31(13-21(22)29)24-20(28)11-18-23(26(24)37-2)32(16-6-7-16)12-19(25(18)33)27(34)35/h3-5,10-12,16,21H,6-9,13-14,29H2,1-2H3,(H,34,35)/b30-22-. The first kappa shape index (κ1) is 25.5. The molecular weight excluding hydrogens is 495 g/mol. The second-order valence-corrected chi connectivity index (χ2v) is 9.46. The molecule has 0 spiro atoms. The molecule has 1 atom stereocenters. The van der Waals surface area contributed by atoms with Crippen LogP contribution in [-0.4, -0.2) is 54.7 Å². The molecule has 3 aromatic rings. The Morgan fingerprint density at radius 3 is 2.68 bits per heavy atom. The van der Waals surface area contributed by atoms with Crippen LogP contribution in [0, 0.1) is 5.82 Å². The molecule has 5 rings (SSSR count). The van der Waals surface area contributed by atoms with Gasteiger partial charge in [-0.15, -0.1) is 0 Å². The molecular formula is C27H29FN4O6. The van der Waals surface area contributed by atoms with Crippen molar-refractivity contribution >= 4 is 28.3 Å². The Hall–Kier alpha value is -4.12. The number of carboxylic acid groups (broad SMARTS) is 1. The fourth-order valence-electron chi connectivity index (χ4n) is 4.86. The number of methoxy groups -OCH3 is 2. The van der Waals surface area contributed by atoms with E-state index in [1.54, 1.807) is 16.6 Å². The second kappa shape index (κ2) is 10.3. The van der Waals surface area contributed by atoms with E-state index in [4.69, 9.17) is 20.0 Å². The van der Waals surface area contributed by atoms with E-state index in [-0.39, 0.29) is 36.0 Å². The number of aromatic nitrogens is 1. The minimum Gasteiger partial charge on any atom is -0.497 e. The average molecular weight is 525 g/mol. The number of nitrogens with two attached hydrogens (primary N) is 1. The molecule has 1 aliphatic heterocycles. The van der Waals surface area contributed by atoms with Gasteiger partial charge in [-0.2, -0.15) is 0 Å². The maximum Gasteiger partial charge on any atom is 0.341 e. The van der Waals surface area contributed by atoms with Gasteiger partial charge in [0.25, 0.3) is 0 Å². The van der Waals surface area contributed by atoms with Gasteiger partial charge in [0.15, 0.2) is 11.6 Å². The van der Waals surface area contributed by atoms with Crippen LogP contribution in [0.3, 0.4) is 0 Å². The lowest BCUT2D eigenvalue weighted by Gasteiger charge is -2.34. The van der Waals surface area contributed by atoms with Crippen LogP contribution >= 0.6 is 0 Å². The summed E-state index contributed by atoms with van der Waals surface area (Å²) < 4.78 is 28.2. The van der Waals surface area contributed by atoms with Crippen LogP contribution in [0.4, 0.5) is 10.1 Å². The molecule has 1 saturated heterocycles. The number of anilines is 1. The number of ether oxygens (including phenoxy) is 2. The number of rotatable bonds is 8. The highest BCUT2D eigenvalue weighted by atomic mass is 19.1. The van der Waals surface area contributed by atoms with E-state index < -0.39 is 28.8 Å². The quantitative estimate of drug-likeness (QED) is 0.430. The summed E-state index contributed by atoms with van der Waals surface area (Å²) in [5.41, 5.74) is 7.38. The molecule has 0 radical (unpaired) electrons. The van der Waals surface area contributed by atoms with E-state index in [0.29, 0.717) is 24.2 Å². The molecule has 2 aromatic carbocycles. The molecule has 2 heterocycles. The molecule has 1 saturated carbocycles. The summed E-state index contributed by atoms with van der Waals surface area (Å²) in [5, 5.41) is 13.7. The molecule has 1 aliphatic carbocycles. The van der Waals surface area contributed by atoms with Gasteiger partial charge in [-0.3, -0.25) is 4.79 Å². The van der Waals surface area contributed by atoms with Gasteiger partial charge < -0.3 is 34.6 Å². The number of hydrogen-bond acceptors (Lipinski definition) is 8. The van der Waals surface area contributed by atoms with Gasteiger partial charge in [-0.25, -0.2) is 9.18 Å². The van der Waals surface area contributed by atoms with Crippen molar-refractivity contribution in [3.63, 3.8) is 0 Å². The number of hydrogen-bond donors (Lipinski definition) is 2. The Kier molecular flexibility index (Phi) is 6.94. The first-order valence-corrected chi connectivity index (χ1v) is 12.3.